The van der Waals surface area contributed by atoms with Crippen molar-refractivity contribution in [3.63, 3.8) is 0 Å². The quantitative estimate of drug-likeness (QED) is 0.851. The molecule has 1 amide bonds. The highest BCUT2D eigenvalue weighted by molar-refractivity contribution is 7.89. The Kier molecular flexibility index (Phi) is 5.63. The fourth-order valence-corrected chi connectivity index (χ4v) is 4.37. The summed E-state index contributed by atoms with van der Waals surface area (Å²) in [6.07, 6.45) is 0. The van der Waals surface area contributed by atoms with Gasteiger partial charge in [-0.15, -0.1) is 11.3 Å². The van der Waals surface area contributed by atoms with E-state index < -0.39 is 10.0 Å². The van der Waals surface area contributed by atoms with Crippen LogP contribution in [0.2, 0.25) is 0 Å². The lowest BCUT2D eigenvalue weighted by Gasteiger charge is -2.18. The Morgan fingerprint density at radius 3 is 2.58 bits per heavy atom. The molecular weight excluding hydrogens is 348 g/mol. The van der Waals surface area contributed by atoms with Gasteiger partial charge in [-0.1, -0.05) is 0 Å². The maximum Gasteiger partial charge on any atom is 0.243 e. The third kappa shape index (κ3) is 3.95. The molecule has 0 atom stereocenters. The number of methoxy groups -OCH3 is 1. The van der Waals surface area contributed by atoms with Crippen molar-refractivity contribution in [1.82, 2.24) is 4.31 Å². The summed E-state index contributed by atoms with van der Waals surface area (Å²) in [6.45, 7) is 3.61. The van der Waals surface area contributed by atoms with E-state index in [0.29, 0.717) is 18.0 Å². The molecule has 0 aliphatic carbocycles. The summed E-state index contributed by atoms with van der Waals surface area (Å²) in [7, 11) is -0.685. The zero-order valence-corrected chi connectivity index (χ0v) is 15.6. The Bertz CT molecular complexity index is 844. The molecule has 0 saturated heterocycles. The Morgan fingerprint density at radius 2 is 2.04 bits per heavy atom. The monoisotopic (exact) mass is 368 g/mol. The van der Waals surface area contributed by atoms with Crippen molar-refractivity contribution >= 4 is 33.0 Å². The van der Waals surface area contributed by atoms with Crippen molar-refractivity contribution in [1.29, 1.82) is 0 Å². The Hall–Kier alpha value is -1.90. The van der Waals surface area contributed by atoms with Crippen LogP contribution in [0.3, 0.4) is 0 Å². The number of rotatable bonds is 6. The number of hydrogen-bond acceptors (Lipinski definition) is 5. The molecule has 0 aliphatic rings. The van der Waals surface area contributed by atoms with Crippen molar-refractivity contribution in [2.75, 3.05) is 19.5 Å². The lowest BCUT2D eigenvalue weighted by atomic mass is 10.3. The lowest BCUT2D eigenvalue weighted by molar-refractivity contribution is -0.114. The van der Waals surface area contributed by atoms with Gasteiger partial charge in [-0.3, -0.25) is 4.79 Å². The van der Waals surface area contributed by atoms with Gasteiger partial charge in [0.2, 0.25) is 15.9 Å². The number of benzene rings is 1. The number of hydrogen-bond donors (Lipinski definition) is 1. The largest absolute Gasteiger partial charge is 0.495 e. The van der Waals surface area contributed by atoms with Gasteiger partial charge in [0.25, 0.3) is 0 Å². The fraction of sp³-hybridized carbons (Fsp3) is 0.312. The molecule has 6 nitrogen and oxygen atoms in total. The van der Waals surface area contributed by atoms with Crippen LogP contribution in [0, 0.1) is 6.92 Å². The number of nitrogens with zero attached hydrogens (tertiary/aromatic N) is 1. The van der Waals surface area contributed by atoms with Gasteiger partial charge in [-0.2, -0.15) is 4.31 Å². The number of aryl methyl sites for hydroxylation is 1. The van der Waals surface area contributed by atoms with E-state index in [4.69, 9.17) is 4.74 Å². The molecule has 1 heterocycles. The number of anilines is 1. The first kappa shape index (κ1) is 18.4. The van der Waals surface area contributed by atoms with Gasteiger partial charge in [0, 0.05) is 25.4 Å². The van der Waals surface area contributed by atoms with Crippen LogP contribution in [0.1, 0.15) is 17.4 Å². The molecule has 0 saturated carbocycles. The van der Waals surface area contributed by atoms with E-state index in [1.165, 1.54) is 54.9 Å². The van der Waals surface area contributed by atoms with Gasteiger partial charge in [0.05, 0.1) is 17.7 Å². The second-order valence-corrected chi connectivity index (χ2v) is 8.38. The molecule has 0 spiro atoms. The molecule has 2 aromatic rings. The third-order valence-electron chi connectivity index (χ3n) is 3.52. The first-order valence-electron chi connectivity index (χ1n) is 7.20. The normalized spacial score (nSPS) is 11.5. The summed E-state index contributed by atoms with van der Waals surface area (Å²) in [5.41, 5.74) is 1.39. The molecule has 130 valence electrons. The first-order chi connectivity index (χ1) is 11.3. The van der Waals surface area contributed by atoms with Crippen LogP contribution in [0.25, 0.3) is 0 Å². The van der Waals surface area contributed by atoms with Gasteiger partial charge in [0.15, 0.2) is 0 Å². The maximum atomic E-state index is 12.8. The molecule has 0 fully saturated rings. The van der Waals surface area contributed by atoms with E-state index in [1.54, 1.807) is 0 Å². The Labute approximate surface area is 146 Å². The van der Waals surface area contributed by atoms with E-state index >= 15 is 0 Å². The van der Waals surface area contributed by atoms with Crippen LogP contribution in [-0.2, 0) is 21.4 Å². The molecule has 0 aliphatic heterocycles. The second-order valence-electron chi connectivity index (χ2n) is 5.33. The predicted molar refractivity (Wildman–Crippen MR) is 95.0 cm³/mol. The summed E-state index contributed by atoms with van der Waals surface area (Å²) >= 11 is 1.52. The maximum absolute atomic E-state index is 12.8. The Balaban J connectivity index is 2.34. The summed E-state index contributed by atoms with van der Waals surface area (Å²) in [5.74, 6) is 0.103. The van der Waals surface area contributed by atoms with Crippen LogP contribution >= 0.6 is 11.3 Å². The predicted octanol–water partition coefficient (Wildman–Crippen LogP) is 2.84. The molecule has 0 unspecified atom stereocenters. The number of amides is 1. The van der Waals surface area contributed by atoms with Gasteiger partial charge in [-0.05, 0) is 42.1 Å². The van der Waals surface area contributed by atoms with Gasteiger partial charge in [-0.25, -0.2) is 8.42 Å². The van der Waals surface area contributed by atoms with Crippen LogP contribution < -0.4 is 10.1 Å². The van der Waals surface area contributed by atoms with Crippen molar-refractivity contribution in [2.24, 2.45) is 0 Å². The second kappa shape index (κ2) is 7.33. The van der Waals surface area contributed by atoms with E-state index in [9.17, 15) is 13.2 Å². The van der Waals surface area contributed by atoms with Crippen molar-refractivity contribution in [2.45, 2.75) is 25.3 Å². The average molecular weight is 368 g/mol. The number of carbonyl (C=O) groups excluding carboxylic acids is 1. The van der Waals surface area contributed by atoms with Crippen LogP contribution in [0.4, 0.5) is 5.69 Å². The highest BCUT2D eigenvalue weighted by atomic mass is 32.2. The van der Waals surface area contributed by atoms with Gasteiger partial charge in [0.1, 0.15) is 5.75 Å². The molecule has 1 aromatic heterocycles. The molecular formula is C16H20N2O4S2. The number of thiophene rings is 1. The number of ether oxygens (including phenoxy) is 1. The van der Waals surface area contributed by atoms with Crippen LogP contribution in [0.5, 0.6) is 5.75 Å². The van der Waals surface area contributed by atoms with Crippen molar-refractivity contribution < 1.29 is 17.9 Å². The minimum Gasteiger partial charge on any atom is -0.495 e. The van der Waals surface area contributed by atoms with Crippen molar-refractivity contribution in [3.8, 4) is 5.75 Å². The minimum absolute atomic E-state index is 0.101. The highest BCUT2D eigenvalue weighted by Crippen LogP contribution is 2.29. The zero-order valence-electron chi connectivity index (χ0n) is 14.0. The third-order valence-corrected chi connectivity index (χ3v) is 6.33. The van der Waals surface area contributed by atoms with Crippen LogP contribution in [-0.4, -0.2) is 32.8 Å². The smallest absolute Gasteiger partial charge is 0.243 e. The molecule has 2 rings (SSSR count). The summed E-state index contributed by atoms with van der Waals surface area (Å²) in [6, 6.07) is 6.37. The van der Waals surface area contributed by atoms with E-state index in [2.05, 4.69) is 5.32 Å². The van der Waals surface area contributed by atoms with E-state index in [0.717, 1.165) is 10.4 Å². The summed E-state index contributed by atoms with van der Waals surface area (Å²) in [5, 5.41) is 4.52. The number of nitrogens with one attached hydrogen (secondary N) is 1. The molecule has 8 heteroatoms. The summed E-state index contributed by atoms with van der Waals surface area (Å²) in [4.78, 5) is 12.4. The first-order valence-corrected chi connectivity index (χ1v) is 9.52. The van der Waals surface area contributed by atoms with Crippen LogP contribution in [0.15, 0.2) is 34.5 Å². The minimum atomic E-state index is -3.68. The molecule has 1 aromatic carbocycles. The topological polar surface area (TPSA) is 75.7 Å². The molecule has 0 bridgehead atoms. The average Bonchev–Trinajstić information content (AvgIpc) is 2.91. The fourth-order valence-electron chi connectivity index (χ4n) is 2.17. The van der Waals surface area contributed by atoms with E-state index in [-0.39, 0.29) is 10.8 Å². The van der Waals surface area contributed by atoms with Gasteiger partial charge >= 0.3 is 0 Å². The zero-order chi connectivity index (χ0) is 17.9. The van der Waals surface area contributed by atoms with Gasteiger partial charge < -0.3 is 10.1 Å². The number of carbonyl (C=O) groups is 1. The van der Waals surface area contributed by atoms with Crippen molar-refractivity contribution in [3.05, 3.63) is 40.1 Å². The molecule has 1 N–H and O–H groups in total. The summed E-state index contributed by atoms with van der Waals surface area (Å²) < 4.78 is 32.0. The highest BCUT2D eigenvalue weighted by Gasteiger charge is 2.23. The standard InChI is InChI=1S/C16H20N2O4S2/c1-11-7-8-23-16(11)10-18(3)24(20,21)13-5-6-15(22-4)14(9-13)17-12(2)19/h5-9H,10H2,1-4H3,(H,17,19). The lowest BCUT2D eigenvalue weighted by Crippen LogP contribution is -2.26. The number of sulfonamides is 1. The Morgan fingerprint density at radius 1 is 1.33 bits per heavy atom. The SMILES string of the molecule is COc1ccc(S(=O)(=O)N(C)Cc2sccc2C)cc1NC(C)=O. The molecule has 0 radical (unpaired) electrons. The van der Waals surface area contributed by atoms with E-state index in [1.807, 2.05) is 18.4 Å². The molecule has 24 heavy (non-hydrogen) atoms.